The number of rotatable bonds is 5. The lowest BCUT2D eigenvalue weighted by Crippen LogP contribution is -2.47. The predicted octanol–water partition coefficient (Wildman–Crippen LogP) is 1.43. The average molecular weight is 252 g/mol. The number of hydrogen-bond acceptors (Lipinski definition) is 4. The van der Waals surface area contributed by atoms with Crippen molar-refractivity contribution in [2.45, 2.75) is 19.4 Å². The molecule has 2 rings (SSSR count). The van der Waals surface area contributed by atoms with Crippen LogP contribution in [-0.4, -0.2) is 53.6 Å². The summed E-state index contributed by atoms with van der Waals surface area (Å²) in [6, 6.07) is 4.21. The van der Waals surface area contributed by atoms with Crippen molar-refractivity contribution in [1.82, 2.24) is 9.80 Å². The van der Waals surface area contributed by atoms with Gasteiger partial charge in [-0.25, -0.2) is 0 Å². The Bertz CT molecular complexity index is 370. The first-order valence-electron chi connectivity index (χ1n) is 6.38. The molecule has 1 aliphatic heterocycles. The van der Waals surface area contributed by atoms with Gasteiger partial charge < -0.3 is 14.4 Å². The normalized spacial score (nSPS) is 19.8. The molecule has 1 aromatic rings. The smallest absolute Gasteiger partial charge is 0.304 e. The van der Waals surface area contributed by atoms with Gasteiger partial charge in [-0.05, 0) is 19.1 Å². The Hall–Kier alpha value is -1.33. The zero-order chi connectivity index (χ0) is 13.0. The third-order valence-corrected chi connectivity index (χ3v) is 3.55. The zero-order valence-corrected chi connectivity index (χ0v) is 10.7. The molecule has 1 unspecified atom stereocenters. The number of furan rings is 1. The molecule has 5 heteroatoms. The Morgan fingerprint density at radius 1 is 1.44 bits per heavy atom. The maximum atomic E-state index is 10.5. The summed E-state index contributed by atoms with van der Waals surface area (Å²) >= 11 is 0. The minimum atomic E-state index is -0.721. The summed E-state index contributed by atoms with van der Waals surface area (Å²) in [7, 11) is 0. The number of carbonyl (C=O) groups is 1. The highest BCUT2D eigenvalue weighted by Gasteiger charge is 2.23. The van der Waals surface area contributed by atoms with Gasteiger partial charge in [0.2, 0.25) is 0 Å². The van der Waals surface area contributed by atoms with Crippen LogP contribution >= 0.6 is 0 Å². The van der Waals surface area contributed by atoms with Gasteiger partial charge in [-0.1, -0.05) is 0 Å². The number of aliphatic carboxylic acids is 1. The lowest BCUT2D eigenvalue weighted by molar-refractivity contribution is -0.137. The Balaban J connectivity index is 1.78. The van der Waals surface area contributed by atoms with E-state index in [2.05, 4.69) is 16.7 Å². The van der Waals surface area contributed by atoms with Crippen molar-refractivity contribution >= 4 is 5.97 Å². The van der Waals surface area contributed by atoms with Crippen LogP contribution in [0, 0.1) is 0 Å². The Labute approximate surface area is 107 Å². The first-order valence-corrected chi connectivity index (χ1v) is 6.38. The Kier molecular flexibility index (Phi) is 4.38. The molecule has 0 saturated carbocycles. The summed E-state index contributed by atoms with van der Waals surface area (Å²) in [5, 5.41) is 8.66. The highest BCUT2D eigenvalue weighted by molar-refractivity contribution is 5.66. The van der Waals surface area contributed by atoms with Gasteiger partial charge in [0.15, 0.2) is 0 Å². The molecule has 18 heavy (non-hydrogen) atoms. The molecule has 1 aliphatic rings. The fourth-order valence-corrected chi connectivity index (χ4v) is 2.34. The van der Waals surface area contributed by atoms with Crippen molar-refractivity contribution in [3.63, 3.8) is 0 Å². The summed E-state index contributed by atoms with van der Waals surface area (Å²) in [4.78, 5) is 15.1. The molecule has 1 atom stereocenters. The fourth-order valence-electron chi connectivity index (χ4n) is 2.34. The number of carboxylic acid groups (broad SMARTS) is 1. The van der Waals surface area contributed by atoms with Crippen LogP contribution in [0.2, 0.25) is 0 Å². The van der Waals surface area contributed by atoms with E-state index in [9.17, 15) is 4.79 Å². The predicted molar refractivity (Wildman–Crippen MR) is 67.4 cm³/mol. The van der Waals surface area contributed by atoms with Gasteiger partial charge in [-0.3, -0.25) is 9.69 Å². The van der Waals surface area contributed by atoms with Gasteiger partial charge >= 0.3 is 5.97 Å². The minimum Gasteiger partial charge on any atom is -0.481 e. The van der Waals surface area contributed by atoms with Gasteiger partial charge in [-0.2, -0.15) is 0 Å². The standard InChI is InChI=1S/C13H20N2O3/c1-11(12-3-2-10-18-12)15-8-6-14(7-9-15)5-4-13(16)17/h2-3,10-11H,4-9H2,1H3,(H,16,17). The van der Waals surface area contributed by atoms with E-state index in [1.54, 1.807) is 6.26 Å². The second-order valence-electron chi connectivity index (χ2n) is 4.71. The Morgan fingerprint density at radius 3 is 2.72 bits per heavy atom. The average Bonchev–Trinajstić information content (AvgIpc) is 2.90. The maximum absolute atomic E-state index is 10.5. The van der Waals surface area contributed by atoms with Crippen molar-refractivity contribution in [3.8, 4) is 0 Å². The zero-order valence-electron chi connectivity index (χ0n) is 10.7. The largest absolute Gasteiger partial charge is 0.481 e. The molecule has 1 fully saturated rings. The van der Waals surface area contributed by atoms with Crippen molar-refractivity contribution < 1.29 is 14.3 Å². The van der Waals surface area contributed by atoms with E-state index in [1.165, 1.54) is 0 Å². The molecule has 100 valence electrons. The number of hydrogen-bond donors (Lipinski definition) is 1. The second-order valence-corrected chi connectivity index (χ2v) is 4.71. The summed E-state index contributed by atoms with van der Waals surface area (Å²) in [6.07, 6.45) is 1.93. The first kappa shape index (κ1) is 13.1. The molecule has 0 bridgehead atoms. The highest BCUT2D eigenvalue weighted by Crippen LogP contribution is 2.21. The maximum Gasteiger partial charge on any atom is 0.304 e. The molecule has 2 heterocycles. The highest BCUT2D eigenvalue weighted by atomic mass is 16.4. The molecular weight excluding hydrogens is 232 g/mol. The molecule has 1 saturated heterocycles. The molecule has 0 amide bonds. The molecule has 0 aromatic carbocycles. The van der Waals surface area contributed by atoms with E-state index >= 15 is 0 Å². The molecule has 1 N–H and O–H groups in total. The van der Waals surface area contributed by atoms with E-state index in [0.29, 0.717) is 12.6 Å². The van der Waals surface area contributed by atoms with Crippen molar-refractivity contribution in [2.24, 2.45) is 0 Å². The van der Waals surface area contributed by atoms with Crippen molar-refractivity contribution in [1.29, 1.82) is 0 Å². The Morgan fingerprint density at radius 2 is 2.17 bits per heavy atom. The van der Waals surface area contributed by atoms with Crippen LogP contribution < -0.4 is 0 Å². The van der Waals surface area contributed by atoms with Crippen LogP contribution in [0.3, 0.4) is 0 Å². The van der Waals surface area contributed by atoms with Crippen molar-refractivity contribution in [2.75, 3.05) is 32.7 Å². The number of nitrogens with zero attached hydrogens (tertiary/aromatic N) is 2. The monoisotopic (exact) mass is 252 g/mol. The van der Waals surface area contributed by atoms with Crippen LogP contribution in [0.5, 0.6) is 0 Å². The van der Waals surface area contributed by atoms with Gasteiger partial charge in [0, 0.05) is 32.7 Å². The summed E-state index contributed by atoms with van der Waals surface area (Å²) in [5.74, 6) is 0.273. The van der Waals surface area contributed by atoms with Crippen LogP contribution in [0.15, 0.2) is 22.8 Å². The third kappa shape index (κ3) is 3.34. The lowest BCUT2D eigenvalue weighted by atomic mass is 10.2. The van der Waals surface area contributed by atoms with E-state index in [0.717, 1.165) is 31.9 Å². The van der Waals surface area contributed by atoms with Gasteiger partial charge in [0.05, 0.1) is 18.7 Å². The van der Waals surface area contributed by atoms with Gasteiger partial charge in [0.1, 0.15) is 5.76 Å². The van der Waals surface area contributed by atoms with E-state index in [-0.39, 0.29) is 6.42 Å². The SMILES string of the molecule is CC(c1ccco1)N1CCN(CCC(=O)O)CC1. The summed E-state index contributed by atoms with van der Waals surface area (Å²) in [5.41, 5.74) is 0. The fraction of sp³-hybridized carbons (Fsp3) is 0.615. The third-order valence-electron chi connectivity index (χ3n) is 3.55. The van der Waals surface area contributed by atoms with E-state index in [1.807, 2.05) is 12.1 Å². The molecule has 0 spiro atoms. The molecule has 0 aliphatic carbocycles. The lowest BCUT2D eigenvalue weighted by Gasteiger charge is -2.37. The molecule has 1 aromatic heterocycles. The van der Waals surface area contributed by atoms with E-state index in [4.69, 9.17) is 9.52 Å². The second kappa shape index (κ2) is 6.02. The van der Waals surface area contributed by atoms with E-state index < -0.39 is 5.97 Å². The molecule has 0 radical (unpaired) electrons. The van der Waals surface area contributed by atoms with Crippen LogP contribution in [0.1, 0.15) is 25.1 Å². The van der Waals surface area contributed by atoms with Crippen LogP contribution in [-0.2, 0) is 4.79 Å². The van der Waals surface area contributed by atoms with Gasteiger partial charge in [-0.15, -0.1) is 0 Å². The van der Waals surface area contributed by atoms with Crippen LogP contribution in [0.4, 0.5) is 0 Å². The quantitative estimate of drug-likeness (QED) is 0.859. The summed E-state index contributed by atoms with van der Waals surface area (Å²) in [6.45, 7) is 6.57. The molecule has 5 nitrogen and oxygen atoms in total. The first-order chi connectivity index (χ1) is 8.66. The van der Waals surface area contributed by atoms with Gasteiger partial charge in [0.25, 0.3) is 0 Å². The number of piperazine rings is 1. The number of carboxylic acids is 1. The van der Waals surface area contributed by atoms with Crippen molar-refractivity contribution in [3.05, 3.63) is 24.2 Å². The minimum absolute atomic E-state index is 0.230. The summed E-state index contributed by atoms with van der Waals surface area (Å²) < 4.78 is 5.42. The molecular formula is C13H20N2O3. The van der Waals surface area contributed by atoms with Crippen LogP contribution in [0.25, 0.3) is 0 Å². The topological polar surface area (TPSA) is 56.9 Å².